The maximum absolute atomic E-state index is 13.8. The van der Waals surface area contributed by atoms with E-state index in [0.29, 0.717) is 184 Å². The molecule has 3 aliphatic rings. The third-order valence-corrected chi connectivity index (χ3v) is 24.2. The van der Waals surface area contributed by atoms with Crippen LogP contribution in [0.2, 0.25) is 0 Å². The van der Waals surface area contributed by atoms with Gasteiger partial charge >= 0.3 is 0 Å². The molecule has 33 heteroatoms. The Morgan fingerprint density at radius 2 is 0.833 bits per heavy atom. The van der Waals surface area contributed by atoms with Crippen LogP contribution in [0, 0.1) is 20.8 Å². The molecule has 6 aromatic heterocycles. The number of pyridine rings is 3. The van der Waals surface area contributed by atoms with Crippen LogP contribution in [0.25, 0.3) is 59.9 Å². The first-order valence-corrected chi connectivity index (χ1v) is 44.3. The minimum absolute atomic E-state index is 0.0381. The molecule has 0 saturated carbocycles. The van der Waals surface area contributed by atoms with E-state index in [2.05, 4.69) is 40.9 Å². The number of rotatable bonds is 30. The number of H-pyrrole nitrogens is 2. The first-order valence-electron chi connectivity index (χ1n) is 42.7. The van der Waals surface area contributed by atoms with Gasteiger partial charge in [0.25, 0.3) is 35.4 Å². The first-order chi connectivity index (χ1) is 64.1. The molecule has 0 bridgehead atoms. The fourth-order valence-electron chi connectivity index (χ4n) is 16.9. The molecule has 30 nitrogen and oxygen atoms in total. The summed E-state index contributed by atoms with van der Waals surface area (Å²) in [7, 11) is 0. The van der Waals surface area contributed by atoms with E-state index >= 15 is 0 Å². The largest absolute Gasteiger partial charge is 0.507 e. The summed E-state index contributed by atoms with van der Waals surface area (Å²) >= 11 is 19.2. The number of carbonyl (C=O) groups is 6. The molecule has 0 spiro atoms. The number of phenolic OH excluding ortho intramolecular Hbond substituents is 3. The number of imidazole rings is 1. The van der Waals surface area contributed by atoms with E-state index < -0.39 is 0 Å². The lowest BCUT2D eigenvalue weighted by Gasteiger charge is -2.18. The molecular weight excluding hydrogens is 1750 g/mol. The topological polar surface area (TPSA) is 400 Å². The van der Waals surface area contributed by atoms with Crippen molar-refractivity contribution in [3.05, 3.63) is 274 Å². The summed E-state index contributed by atoms with van der Waals surface area (Å²) in [6.07, 6.45) is 6.42. The van der Waals surface area contributed by atoms with Gasteiger partial charge in [-0.15, -0.1) is 34.8 Å². The standard InChI is InChI=1S/3C33H31ClN4O6/c1-20-3-2-4-25-28(40)15-27-31(30(20)25)22(16-34)17-38(27)33(42)26-19-37-18-23(7-10-29(37)36-26)35-32(41)21-5-8-24(9-6-21)44-14-13-43-12-11-39;1-19-3-2-4-25-28(40)15-27-30(29(19)25)22(16-34)18-38(27)33(42)26-14-21-13-23(17-35-31(21)37-26)36-32(41)20-5-7-24(8-6-20)44-12-11-43-10-9-39;1-19-3-2-4-24-28(40)15-27-31(30(19)24)22(16-34)18-38(27)33(42)25-13-21-14-29(35-17-26(21)36-25)37-32(41)20-5-7-23(8-6-20)44-12-11-43-10-9-39/h2-10,15,18-19,22,39-40H,11-14,16-17H2,1H3,(H,35,41);2-8,13-15,17,22,39-40H,9-12,16,18H2,1H3,(H,35,37)(H,36,41);2-8,13-15,17,22,36,39-40H,9-12,16,18H2,1H3,(H,35,37,41)/t3*22-/m111/s1. The molecule has 11 N–H and O–H groups in total. The number of fused-ring (bicyclic) bond motifs is 12. The highest BCUT2D eigenvalue weighted by atomic mass is 35.5. The van der Waals surface area contributed by atoms with E-state index in [9.17, 15) is 44.1 Å². The molecule has 6 amide bonds. The molecule has 3 atom stereocenters. The van der Waals surface area contributed by atoms with E-state index in [0.717, 1.165) is 65.7 Å². The van der Waals surface area contributed by atoms with Crippen LogP contribution in [-0.4, -0.2) is 212 Å². The highest BCUT2D eigenvalue weighted by Crippen LogP contribution is 2.50. The number of amides is 6. The number of hydrogen-bond acceptors (Lipinski definition) is 21. The second-order valence-corrected chi connectivity index (χ2v) is 32.7. The quantitative estimate of drug-likeness (QED) is 0.0147. The van der Waals surface area contributed by atoms with E-state index in [1.807, 2.05) is 75.4 Å². The lowest BCUT2D eigenvalue weighted by Crippen LogP contribution is -2.30. The normalized spacial score (nSPS) is 14.2. The summed E-state index contributed by atoms with van der Waals surface area (Å²) < 4.78 is 33.9. The van der Waals surface area contributed by atoms with Crippen molar-refractivity contribution in [1.29, 1.82) is 0 Å². The molecular formula is C99H93Cl3N12O18. The molecule has 15 aromatic rings. The lowest BCUT2D eigenvalue weighted by atomic mass is 9.92. The second kappa shape index (κ2) is 41.0. The smallest absolute Gasteiger partial charge is 0.278 e. The number of aliphatic hydroxyl groups is 3. The Bertz CT molecular complexity index is 6210. The number of hydrogen-bond donors (Lipinski definition) is 11. The van der Waals surface area contributed by atoms with Gasteiger partial charge in [0.2, 0.25) is 0 Å². The van der Waals surface area contributed by atoms with E-state index in [1.165, 1.54) is 6.20 Å². The van der Waals surface area contributed by atoms with Gasteiger partial charge in [0.05, 0.1) is 106 Å². The van der Waals surface area contributed by atoms with Gasteiger partial charge in [-0.2, -0.15) is 0 Å². The number of carbonyl (C=O) groups excluding carboxylic acids is 6. The molecule has 0 aliphatic carbocycles. The molecule has 3 aliphatic heterocycles. The van der Waals surface area contributed by atoms with Gasteiger partial charge in [-0.3, -0.25) is 28.8 Å². The summed E-state index contributed by atoms with van der Waals surface area (Å²) in [6, 6.07) is 52.6. The summed E-state index contributed by atoms with van der Waals surface area (Å²) in [6.45, 7) is 9.81. The maximum atomic E-state index is 13.8. The van der Waals surface area contributed by atoms with Crippen molar-refractivity contribution in [2.75, 3.05) is 147 Å². The van der Waals surface area contributed by atoms with Crippen LogP contribution in [0.3, 0.4) is 0 Å². The Balaban J connectivity index is 0.000000144. The Labute approximate surface area is 771 Å². The van der Waals surface area contributed by atoms with Gasteiger partial charge in [0, 0.05) is 129 Å². The van der Waals surface area contributed by atoms with Crippen LogP contribution < -0.4 is 44.9 Å². The zero-order valence-corrected chi connectivity index (χ0v) is 74.2. The number of alkyl halides is 3. The van der Waals surface area contributed by atoms with E-state index in [-0.39, 0.29) is 116 Å². The molecule has 9 heterocycles. The molecule has 0 radical (unpaired) electrons. The summed E-state index contributed by atoms with van der Waals surface area (Å²) in [5.41, 5.74) is 12.8. The third kappa shape index (κ3) is 19.6. The number of benzene rings is 9. The van der Waals surface area contributed by atoms with Crippen LogP contribution in [0.15, 0.2) is 207 Å². The zero-order valence-electron chi connectivity index (χ0n) is 71.9. The fraction of sp³-hybridized carbons (Fsp3) is 0.242. The third-order valence-electron chi connectivity index (χ3n) is 23.1. The number of anilines is 6. The van der Waals surface area contributed by atoms with Crippen LogP contribution >= 0.6 is 34.8 Å². The van der Waals surface area contributed by atoms with E-state index in [4.69, 9.17) is 78.5 Å². The number of aromatic nitrogens is 6. The molecule has 9 aromatic carbocycles. The van der Waals surface area contributed by atoms with Crippen LogP contribution in [0.5, 0.6) is 34.5 Å². The minimum Gasteiger partial charge on any atom is -0.507 e. The number of halogens is 3. The molecule has 0 fully saturated rings. The van der Waals surface area contributed by atoms with Crippen molar-refractivity contribution in [2.24, 2.45) is 0 Å². The Morgan fingerprint density at radius 1 is 0.424 bits per heavy atom. The van der Waals surface area contributed by atoms with Crippen molar-refractivity contribution in [3.63, 3.8) is 0 Å². The number of aromatic amines is 2. The molecule has 678 valence electrons. The Hall–Kier alpha value is -13.9. The highest BCUT2D eigenvalue weighted by molar-refractivity contribution is 6.21. The zero-order chi connectivity index (χ0) is 92.4. The van der Waals surface area contributed by atoms with Crippen molar-refractivity contribution in [3.8, 4) is 34.5 Å². The fourth-order valence-corrected chi connectivity index (χ4v) is 17.7. The van der Waals surface area contributed by atoms with E-state index in [1.54, 1.807) is 165 Å². The van der Waals surface area contributed by atoms with Gasteiger partial charge in [0.1, 0.15) is 88.5 Å². The lowest BCUT2D eigenvalue weighted by molar-refractivity contribution is 0.0705. The molecule has 0 saturated heterocycles. The monoisotopic (exact) mass is 1840 g/mol. The average molecular weight is 1850 g/mol. The second-order valence-electron chi connectivity index (χ2n) is 31.8. The van der Waals surface area contributed by atoms with Crippen molar-refractivity contribution < 1.29 is 87.8 Å². The molecule has 18 rings (SSSR count). The average Bonchev–Trinajstić information content (AvgIpc) is 1.59. The van der Waals surface area contributed by atoms with Gasteiger partial charge in [-0.1, -0.05) is 54.6 Å². The SMILES string of the molecule is Cc1cccc2c(O)cc3c(c12)[C@H](CCl)CN3C(=O)c1cc2cc(NC(=O)c3ccc(OCCOCCO)cc3)cnc2[nH]1.Cc1cccc2c(O)cc3c(c12)[C@H](CCl)CN3C(=O)c1cc2cc(NC(=O)c3ccc(OCCOCCO)cc3)ncc2[nH]1.Cc1cccc2c(O)cc3c(c12)[C@H](CCl)CN3C(=O)c1cn2cc(NC(=O)c3ccc(OCCOCCO)cc3)ccc2n1. The minimum atomic E-state index is -0.343. The van der Waals surface area contributed by atoms with Crippen molar-refractivity contribution in [1.82, 2.24) is 29.3 Å². The highest BCUT2D eigenvalue weighted by Gasteiger charge is 2.40. The van der Waals surface area contributed by atoms with Crippen LogP contribution in [0.1, 0.15) is 114 Å². The Kier molecular flexibility index (Phi) is 28.4. The number of nitrogens with one attached hydrogen (secondary N) is 5. The number of phenols is 3. The maximum Gasteiger partial charge on any atom is 0.278 e. The summed E-state index contributed by atoms with van der Waals surface area (Å²) in [5.74, 6) is 1.40. The Morgan fingerprint density at radius 3 is 1.27 bits per heavy atom. The van der Waals surface area contributed by atoms with Gasteiger partial charge in [-0.05, 0) is 180 Å². The van der Waals surface area contributed by atoms with Gasteiger partial charge < -0.3 is 104 Å². The summed E-state index contributed by atoms with van der Waals surface area (Å²) in [5, 5.41) is 73.5. The predicted octanol–water partition coefficient (Wildman–Crippen LogP) is 15.8. The number of nitrogens with zero attached hydrogens (tertiary/aromatic N) is 7. The van der Waals surface area contributed by atoms with Crippen molar-refractivity contribution in [2.45, 2.75) is 38.5 Å². The number of aliphatic hydroxyl groups excluding tert-OH is 3. The predicted molar refractivity (Wildman–Crippen MR) is 507 cm³/mol. The molecule has 132 heavy (non-hydrogen) atoms. The van der Waals surface area contributed by atoms with Gasteiger partial charge in [-0.25, -0.2) is 15.0 Å². The number of ether oxygens (including phenoxy) is 6. The molecule has 0 unspecified atom stereocenters. The van der Waals surface area contributed by atoms with Crippen molar-refractivity contribution >= 4 is 164 Å². The number of aromatic hydroxyl groups is 3. The van der Waals surface area contributed by atoms with Crippen LogP contribution in [0.4, 0.5) is 34.3 Å². The summed E-state index contributed by atoms with van der Waals surface area (Å²) in [4.78, 5) is 105. The van der Waals surface area contributed by atoms with Crippen LogP contribution in [-0.2, 0) is 14.2 Å². The van der Waals surface area contributed by atoms with Gasteiger partial charge in [0.15, 0.2) is 0 Å². The number of aryl methyl sites for hydroxylation is 3. The first kappa shape index (κ1) is 91.4.